The predicted octanol–water partition coefficient (Wildman–Crippen LogP) is 2.79. The first kappa shape index (κ1) is 22.4. The van der Waals surface area contributed by atoms with E-state index in [0.717, 1.165) is 43.9 Å². The number of rotatable bonds is 7. The SMILES string of the molecule is COc1ccc(CNC(=O)C(C)N2CCCN(c3ccc(C#N)cc3)CC2)cc1OC. The Balaban J connectivity index is 1.54. The molecule has 1 atom stereocenters. The van der Waals surface area contributed by atoms with Gasteiger partial charge in [-0.05, 0) is 55.3 Å². The lowest BCUT2D eigenvalue weighted by Gasteiger charge is -2.27. The molecule has 0 aliphatic carbocycles. The summed E-state index contributed by atoms with van der Waals surface area (Å²) in [5.74, 6) is 1.33. The average Bonchev–Trinajstić information content (AvgIpc) is 3.08. The van der Waals surface area contributed by atoms with Crippen molar-refractivity contribution >= 4 is 11.6 Å². The van der Waals surface area contributed by atoms with E-state index in [1.807, 2.05) is 49.4 Å². The van der Waals surface area contributed by atoms with Crippen molar-refractivity contribution in [1.82, 2.24) is 10.2 Å². The maximum absolute atomic E-state index is 12.8. The van der Waals surface area contributed by atoms with E-state index < -0.39 is 0 Å². The highest BCUT2D eigenvalue weighted by atomic mass is 16.5. The number of nitrogens with zero attached hydrogens (tertiary/aromatic N) is 3. The second-order valence-corrected chi connectivity index (χ2v) is 7.62. The van der Waals surface area contributed by atoms with Gasteiger partial charge in [0, 0.05) is 38.4 Å². The van der Waals surface area contributed by atoms with Gasteiger partial charge in [0.2, 0.25) is 5.91 Å². The monoisotopic (exact) mass is 422 g/mol. The molecule has 7 nitrogen and oxygen atoms in total. The molecule has 1 saturated heterocycles. The third-order valence-electron chi connectivity index (χ3n) is 5.73. The number of anilines is 1. The molecule has 1 fully saturated rings. The van der Waals surface area contributed by atoms with Crippen molar-refractivity contribution < 1.29 is 14.3 Å². The number of nitriles is 1. The van der Waals surface area contributed by atoms with E-state index >= 15 is 0 Å². The third kappa shape index (κ3) is 5.68. The molecule has 1 aliphatic heterocycles. The lowest BCUT2D eigenvalue weighted by Crippen LogP contribution is -2.46. The molecule has 1 unspecified atom stereocenters. The number of amides is 1. The van der Waals surface area contributed by atoms with Crippen molar-refractivity contribution in [2.75, 3.05) is 45.3 Å². The highest BCUT2D eigenvalue weighted by Gasteiger charge is 2.24. The highest BCUT2D eigenvalue weighted by molar-refractivity contribution is 5.81. The lowest BCUT2D eigenvalue weighted by atomic mass is 10.2. The summed E-state index contributed by atoms with van der Waals surface area (Å²) in [6, 6.07) is 15.3. The fourth-order valence-electron chi connectivity index (χ4n) is 3.82. The Morgan fingerprint density at radius 1 is 1.06 bits per heavy atom. The largest absolute Gasteiger partial charge is 0.493 e. The van der Waals surface area contributed by atoms with Crippen molar-refractivity contribution in [3.8, 4) is 17.6 Å². The van der Waals surface area contributed by atoms with Crippen molar-refractivity contribution in [3.63, 3.8) is 0 Å². The number of methoxy groups -OCH3 is 2. The average molecular weight is 423 g/mol. The van der Waals surface area contributed by atoms with Gasteiger partial charge in [-0.1, -0.05) is 6.07 Å². The molecule has 1 heterocycles. The zero-order valence-corrected chi connectivity index (χ0v) is 18.4. The van der Waals surface area contributed by atoms with Crippen molar-refractivity contribution in [3.05, 3.63) is 53.6 Å². The van der Waals surface area contributed by atoms with Crippen LogP contribution in [-0.2, 0) is 11.3 Å². The lowest BCUT2D eigenvalue weighted by molar-refractivity contribution is -0.126. The minimum absolute atomic E-state index is 0.0154. The Kier molecular flexibility index (Phi) is 7.74. The van der Waals surface area contributed by atoms with Crippen LogP contribution in [0.25, 0.3) is 0 Å². The predicted molar refractivity (Wildman–Crippen MR) is 120 cm³/mol. The number of ether oxygens (including phenoxy) is 2. The molecule has 1 amide bonds. The van der Waals surface area contributed by atoms with Crippen LogP contribution in [0.15, 0.2) is 42.5 Å². The Morgan fingerprint density at radius 2 is 1.81 bits per heavy atom. The molecule has 0 bridgehead atoms. The van der Waals surface area contributed by atoms with Gasteiger partial charge in [0.15, 0.2) is 11.5 Å². The summed E-state index contributed by atoms with van der Waals surface area (Å²) in [7, 11) is 3.20. The van der Waals surface area contributed by atoms with Gasteiger partial charge in [0.1, 0.15) is 0 Å². The number of carbonyl (C=O) groups excluding carboxylic acids is 1. The summed E-state index contributed by atoms with van der Waals surface area (Å²) in [4.78, 5) is 17.3. The zero-order chi connectivity index (χ0) is 22.2. The fraction of sp³-hybridized carbons (Fsp3) is 0.417. The number of nitrogens with one attached hydrogen (secondary N) is 1. The molecule has 1 aliphatic rings. The molecule has 2 aromatic carbocycles. The molecule has 2 aromatic rings. The maximum atomic E-state index is 12.8. The minimum Gasteiger partial charge on any atom is -0.493 e. The van der Waals surface area contributed by atoms with Crippen LogP contribution in [0.3, 0.4) is 0 Å². The third-order valence-corrected chi connectivity index (χ3v) is 5.73. The van der Waals surface area contributed by atoms with E-state index in [0.29, 0.717) is 23.6 Å². The van der Waals surface area contributed by atoms with Crippen LogP contribution >= 0.6 is 0 Å². The molecule has 1 N–H and O–H groups in total. The maximum Gasteiger partial charge on any atom is 0.237 e. The van der Waals surface area contributed by atoms with Gasteiger partial charge in [0.05, 0.1) is 31.9 Å². The molecule has 164 valence electrons. The first-order chi connectivity index (χ1) is 15.0. The van der Waals surface area contributed by atoms with Gasteiger partial charge in [-0.3, -0.25) is 9.69 Å². The molecule has 0 saturated carbocycles. The van der Waals surface area contributed by atoms with Crippen LogP contribution < -0.4 is 19.7 Å². The molecule has 31 heavy (non-hydrogen) atoms. The summed E-state index contributed by atoms with van der Waals surface area (Å²) in [5, 5.41) is 12.0. The molecular weight excluding hydrogens is 392 g/mol. The molecule has 0 spiro atoms. The highest BCUT2D eigenvalue weighted by Crippen LogP contribution is 2.27. The van der Waals surface area contributed by atoms with Crippen molar-refractivity contribution in [2.45, 2.75) is 25.9 Å². The van der Waals surface area contributed by atoms with Crippen LogP contribution in [0.2, 0.25) is 0 Å². The summed E-state index contributed by atoms with van der Waals surface area (Å²) in [6.07, 6.45) is 0.979. The Bertz CT molecular complexity index is 923. The smallest absolute Gasteiger partial charge is 0.237 e. The summed E-state index contributed by atoms with van der Waals surface area (Å²) in [5.41, 5.74) is 2.74. The van der Waals surface area contributed by atoms with Crippen molar-refractivity contribution in [1.29, 1.82) is 5.26 Å². The fourth-order valence-corrected chi connectivity index (χ4v) is 3.82. The second-order valence-electron chi connectivity index (χ2n) is 7.62. The zero-order valence-electron chi connectivity index (χ0n) is 18.4. The van der Waals surface area contributed by atoms with E-state index in [1.165, 1.54) is 0 Å². The second kappa shape index (κ2) is 10.7. The summed E-state index contributed by atoms with van der Waals surface area (Å²) >= 11 is 0. The minimum atomic E-state index is -0.207. The topological polar surface area (TPSA) is 77.8 Å². The molecular formula is C24H30N4O3. The Hall–Kier alpha value is -3.24. The van der Waals surface area contributed by atoms with Gasteiger partial charge in [-0.2, -0.15) is 5.26 Å². The number of hydrogen-bond acceptors (Lipinski definition) is 6. The molecule has 3 rings (SSSR count). The van der Waals surface area contributed by atoms with Gasteiger partial charge in [-0.15, -0.1) is 0 Å². The van der Waals surface area contributed by atoms with Gasteiger partial charge >= 0.3 is 0 Å². The quantitative estimate of drug-likeness (QED) is 0.739. The van der Waals surface area contributed by atoms with Gasteiger partial charge in [0.25, 0.3) is 0 Å². The van der Waals surface area contributed by atoms with Crippen LogP contribution in [0.5, 0.6) is 11.5 Å². The van der Waals surface area contributed by atoms with Crippen molar-refractivity contribution in [2.24, 2.45) is 0 Å². The normalized spacial score (nSPS) is 15.5. The standard InChI is InChI=1S/C24H30N4O3/c1-18(24(29)26-17-20-7-10-22(30-2)23(15-20)31-3)27-11-4-12-28(14-13-27)21-8-5-19(16-25)6-9-21/h5-10,15,18H,4,11-14,17H2,1-3H3,(H,26,29). The molecule has 7 heteroatoms. The molecule has 0 aromatic heterocycles. The summed E-state index contributed by atoms with van der Waals surface area (Å²) < 4.78 is 10.6. The van der Waals surface area contributed by atoms with Gasteiger partial charge in [-0.25, -0.2) is 0 Å². The van der Waals surface area contributed by atoms with Crippen LogP contribution in [0.4, 0.5) is 5.69 Å². The van der Waals surface area contributed by atoms with E-state index in [2.05, 4.69) is 21.2 Å². The van der Waals surface area contributed by atoms with E-state index in [1.54, 1.807) is 14.2 Å². The van der Waals surface area contributed by atoms with E-state index in [-0.39, 0.29) is 11.9 Å². The van der Waals surface area contributed by atoms with Crippen LogP contribution in [0, 0.1) is 11.3 Å². The van der Waals surface area contributed by atoms with Crippen LogP contribution in [0.1, 0.15) is 24.5 Å². The molecule has 0 radical (unpaired) electrons. The summed E-state index contributed by atoms with van der Waals surface area (Å²) in [6.45, 7) is 5.86. The first-order valence-electron chi connectivity index (χ1n) is 10.5. The van der Waals surface area contributed by atoms with Crippen LogP contribution in [-0.4, -0.2) is 57.2 Å². The first-order valence-corrected chi connectivity index (χ1v) is 10.5. The number of carbonyl (C=O) groups is 1. The Morgan fingerprint density at radius 3 is 2.48 bits per heavy atom. The number of benzene rings is 2. The van der Waals surface area contributed by atoms with E-state index in [9.17, 15) is 4.79 Å². The van der Waals surface area contributed by atoms with Gasteiger partial charge < -0.3 is 19.7 Å². The Labute approximate surface area is 184 Å². The van der Waals surface area contributed by atoms with E-state index in [4.69, 9.17) is 14.7 Å². The number of hydrogen-bond donors (Lipinski definition) is 1.